The maximum Gasteiger partial charge on any atom is 0.268 e. The van der Waals surface area contributed by atoms with E-state index in [1.807, 2.05) is 6.92 Å². The van der Waals surface area contributed by atoms with Crippen LogP contribution >= 0.6 is 22.7 Å². The molecule has 0 saturated carbocycles. The number of amides is 1. The van der Waals surface area contributed by atoms with Crippen molar-refractivity contribution in [3.8, 4) is 0 Å². The van der Waals surface area contributed by atoms with E-state index >= 15 is 0 Å². The largest absolute Gasteiger partial charge is 0.397 e. The van der Waals surface area contributed by atoms with Crippen LogP contribution in [0.4, 0.5) is 5.69 Å². The minimum atomic E-state index is -0.466. The average Bonchev–Trinajstić information content (AvgIpc) is 3.41. The Kier molecular flexibility index (Phi) is 6.50. The standard InChI is InChI=1S/C16H17N3OS.C15H19N3OS/c1-8-9-4-5-16(2,3)6-10(9)11-12-13(21-15(11)19-8)14(20)18-7-17-12;1-7-8-4-5-15(2,3)6-9(8)10-11(16)12(13(17)19)20-14(10)18-7/h7H,4-6H2,1-3H3,(H,17,18,20);4-6,16H2,1-3H3,(H2,17,19). The number of aryl methyl sites for hydroxylation is 2. The molecule has 41 heavy (non-hydrogen) atoms. The van der Waals surface area contributed by atoms with Crippen LogP contribution in [-0.4, -0.2) is 25.8 Å². The van der Waals surface area contributed by atoms with Gasteiger partial charge in [0.15, 0.2) is 0 Å². The summed E-state index contributed by atoms with van der Waals surface area (Å²) < 4.78 is 0.691. The van der Waals surface area contributed by atoms with E-state index in [4.69, 9.17) is 16.5 Å². The lowest BCUT2D eigenvalue weighted by Crippen LogP contribution is -2.23. The van der Waals surface area contributed by atoms with Crippen molar-refractivity contribution in [2.45, 2.75) is 80.1 Å². The molecule has 0 atom stereocenters. The zero-order valence-corrected chi connectivity index (χ0v) is 26.1. The number of nitrogen functional groups attached to an aromatic ring is 1. The average molecular weight is 589 g/mol. The molecule has 0 spiro atoms. The third-order valence-electron chi connectivity index (χ3n) is 8.77. The maximum absolute atomic E-state index is 12.0. The second-order valence-corrected chi connectivity index (χ2v) is 15.1. The third kappa shape index (κ3) is 4.70. The van der Waals surface area contributed by atoms with Gasteiger partial charge >= 0.3 is 0 Å². The molecule has 2 aliphatic rings. The number of pyridine rings is 2. The van der Waals surface area contributed by atoms with Gasteiger partial charge in [0.25, 0.3) is 11.5 Å². The fourth-order valence-electron chi connectivity index (χ4n) is 6.54. The highest BCUT2D eigenvalue weighted by Crippen LogP contribution is 2.44. The van der Waals surface area contributed by atoms with Gasteiger partial charge in [-0.15, -0.1) is 22.7 Å². The number of hydrogen-bond acceptors (Lipinski definition) is 8. The van der Waals surface area contributed by atoms with Crippen LogP contribution in [0, 0.1) is 24.7 Å². The van der Waals surface area contributed by atoms with Gasteiger partial charge in [0.1, 0.15) is 19.2 Å². The first kappa shape index (κ1) is 27.8. The van der Waals surface area contributed by atoms with Crippen molar-refractivity contribution in [3.05, 3.63) is 55.2 Å². The molecule has 0 bridgehead atoms. The van der Waals surface area contributed by atoms with Crippen molar-refractivity contribution in [1.29, 1.82) is 0 Å². The molecule has 1 amide bonds. The number of nitrogens with zero attached hydrogens (tertiary/aromatic N) is 3. The van der Waals surface area contributed by atoms with Crippen LogP contribution in [0.2, 0.25) is 0 Å². The van der Waals surface area contributed by atoms with E-state index in [9.17, 15) is 9.59 Å². The lowest BCUT2D eigenvalue weighted by atomic mass is 9.73. The molecule has 5 N–H and O–H groups in total. The number of carbonyl (C=O) groups is 1. The van der Waals surface area contributed by atoms with Crippen molar-refractivity contribution in [2.24, 2.45) is 16.6 Å². The summed E-state index contributed by atoms with van der Waals surface area (Å²) in [7, 11) is 0. The summed E-state index contributed by atoms with van der Waals surface area (Å²) in [6.07, 6.45) is 7.93. The zero-order chi connectivity index (χ0) is 29.4. The highest BCUT2D eigenvalue weighted by atomic mass is 32.1. The zero-order valence-electron chi connectivity index (χ0n) is 24.4. The number of aromatic amines is 1. The molecule has 8 nitrogen and oxygen atoms in total. The van der Waals surface area contributed by atoms with E-state index in [1.54, 1.807) is 0 Å². The fraction of sp³-hybridized carbons (Fsp3) is 0.452. The number of thiophene rings is 2. The Bertz CT molecular complexity index is 1950. The van der Waals surface area contributed by atoms with Crippen LogP contribution in [0.1, 0.15) is 83.8 Å². The van der Waals surface area contributed by atoms with Gasteiger partial charge in [0.05, 0.1) is 17.5 Å². The Morgan fingerprint density at radius 3 is 1.98 bits per heavy atom. The Hall–Kier alpha value is -3.37. The summed E-state index contributed by atoms with van der Waals surface area (Å²) in [4.78, 5) is 42.2. The second kappa shape index (κ2) is 9.59. The van der Waals surface area contributed by atoms with Crippen LogP contribution in [0.25, 0.3) is 30.6 Å². The highest BCUT2D eigenvalue weighted by Gasteiger charge is 2.31. The number of carbonyl (C=O) groups excluding carboxylic acids is 1. The molecular formula is C31H36N6O2S2. The molecule has 5 heterocycles. The third-order valence-corrected chi connectivity index (χ3v) is 11.0. The van der Waals surface area contributed by atoms with Crippen LogP contribution in [0.5, 0.6) is 0 Å². The smallest absolute Gasteiger partial charge is 0.268 e. The van der Waals surface area contributed by atoms with Gasteiger partial charge in [-0.25, -0.2) is 15.0 Å². The van der Waals surface area contributed by atoms with Crippen LogP contribution in [0.3, 0.4) is 0 Å². The molecule has 5 aromatic heterocycles. The Labute approximate surface area is 246 Å². The molecule has 214 valence electrons. The number of rotatable bonds is 1. The SMILES string of the molecule is Cc1nc2sc(C(N)=O)c(N)c2c2c1CCC(C)(C)C2.Cc1nc2sc3c(=O)[nH]cnc3c2c2c1CCC(C)(C)C2. The Balaban J connectivity index is 0.000000148. The monoisotopic (exact) mass is 588 g/mol. The Morgan fingerprint density at radius 2 is 1.41 bits per heavy atom. The lowest BCUT2D eigenvalue weighted by molar-refractivity contribution is 0.100. The molecule has 0 saturated heterocycles. The van der Waals surface area contributed by atoms with E-state index in [2.05, 4.69) is 49.6 Å². The van der Waals surface area contributed by atoms with Crippen molar-refractivity contribution >= 4 is 64.9 Å². The second-order valence-electron chi connectivity index (χ2n) is 13.1. The van der Waals surface area contributed by atoms with Crippen molar-refractivity contribution < 1.29 is 4.79 Å². The van der Waals surface area contributed by atoms with E-state index in [0.717, 1.165) is 69.4 Å². The van der Waals surface area contributed by atoms with E-state index in [0.29, 0.717) is 20.7 Å². The van der Waals surface area contributed by atoms with Gasteiger partial charge in [-0.1, -0.05) is 27.7 Å². The summed E-state index contributed by atoms with van der Waals surface area (Å²) >= 11 is 2.77. The first-order valence-corrected chi connectivity index (χ1v) is 15.7. The molecule has 0 aromatic carbocycles. The van der Waals surface area contributed by atoms with Gasteiger partial charge in [0, 0.05) is 22.2 Å². The predicted octanol–water partition coefficient (Wildman–Crippen LogP) is 6.16. The minimum absolute atomic E-state index is 0.0653. The summed E-state index contributed by atoms with van der Waals surface area (Å²) in [6, 6.07) is 0. The lowest BCUT2D eigenvalue weighted by Gasteiger charge is -2.32. The van der Waals surface area contributed by atoms with E-state index in [-0.39, 0.29) is 11.0 Å². The number of anilines is 1. The first-order chi connectivity index (χ1) is 19.3. The molecule has 10 heteroatoms. The molecule has 0 fully saturated rings. The van der Waals surface area contributed by atoms with Crippen LogP contribution in [0.15, 0.2) is 11.1 Å². The van der Waals surface area contributed by atoms with Gasteiger partial charge in [-0.2, -0.15) is 0 Å². The molecule has 0 unspecified atom stereocenters. The summed E-state index contributed by atoms with van der Waals surface area (Å²) in [5.41, 5.74) is 20.9. The van der Waals surface area contributed by atoms with E-state index in [1.165, 1.54) is 57.7 Å². The summed E-state index contributed by atoms with van der Waals surface area (Å²) in [5, 5.41) is 2.06. The van der Waals surface area contributed by atoms with Gasteiger partial charge in [-0.3, -0.25) is 9.59 Å². The van der Waals surface area contributed by atoms with Crippen molar-refractivity contribution in [1.82, 2.24) is 19.9 Å². The minimum Gasteiger partial charge on any atom is -0.397 e. The van der Waals surface area contributed by atoms with Gasteiger partial charge < -0.3 is 16.5 Å². The van der Waals surface area contributed by atoms with E-state index < -0.39 is 5.91 Å². The predicted molar refractivity (Wildman–Crippen MR) is 169 cm³/mol. The van der Waals surface area contributed by atoms with Crippen LogP contribution in [-0.2, 0) is 25.7 Å². The number of aromatic nitrogens is 4. The molecule has 0 aliphatic heterocycles. The maximum atomic E-state index is 12.0. The molecule has 5 aromatic rings. The first-order valence-electron chi connectivity index (χ1n) is 14.0. The molecule has 2 aliphatic carbocycles. The summed E-state index contributed by atoms with van der Waals surface area (Å²) in [6.45, 7) is 13.3. The molecule has 7 rings (SSSR count). The van der Waals surface area contributed by atoms with Crippen molar-refractivity contribution in [3.63, 3.8) is 0 Å². The molecule has 0 radical (unpaired) electrons. The quantitative estimate of drug-likeness (QED) is 0.214. The molecular weight excluding hydrogens is 553 g/mol. The van der Waals surface area contributed by atoms with Crippen molar-refractivity contribution in [2.75, 3.05) is 5.73 Å². The number of H-pyrrole nitrogens is 1. The van der Waals surface area contributed by atoms with Crippen LogP contribution < -0.4 is 17.0 Å². The normalized spacial score (nSPS) is 17.2. The fourth-order valence-corrected chi connectivity index (χ4v) is 8.66. The highest BCUT2D eigenvalue weighted by molar-refractivity contribution is 7.25. The Morgan fingerprint density at radius 1 is 0.878 bits per heavy atom. The summed E-state index contributed by atoms with van der Waals surface area (Å²) in [5.74, 6) is -0.466. The number of fused-ring (bicyclic) bond motifs is 8. The number of nitrogens with two attached hydrogens (primary N) is 2. The number of primary amides is 1. The van der Waals surface area contributed by atoms with Gasteiger partial charge in [-0.05, 0) is 85.5 Å². The number of hydrogen-bond donors (Lipinski definition) is 3. The van der Waals surface area contributed by atoms with Gasteiger partial charge in [0.2, 0.25) is 0 Å². The topological polar surface area (TPSA) is 141 Å². The number of nitrogens with one attached hydrogen (secondary N) is 1.